The van der Waals surface area contributed by atoms with Crippen LogP contribution in [0.4, 0.5) is 0 Å². The predicted molar refractivity (Wildman–Crippen MR) is 118 cm³/mol. The van der Waals surface area contributed by atoms with Crippen molar-refractivity contribution in [1.82, 2.24) is 14.5 Å². The highest BCUT2D eigenvalue weighted by atomic mass is 32.2. The molecular formula is C23H24N4OS. The summed E-state index contributed by atoms with van der Waals surface area (Å²) in [6.45, 7) is 2.26. The van der Waals surface area contributed by atoms with Crippen LogP contribution in [-0.2, 0) is 0 Å². The molecule has 1 aromatic carbocycles. The molecule has 148 valence electrons. The molecule has 6 heteroatoms. The van der Waals surface area contributed by atoms with Crippen LogP contribution in [0.3, 0.4) is 0 Å². The van der Waals surface area contributed by atoms with Crippen LogP contribution in [0.25, 0.3) is 5.69 Å². The van der Waals surface area contributed by atoms with Gasteiger partial charge in [-0.2, -0.15) is 0 Å². The summed E-state index contributed by atoms with van der Waals surface area (Å²) in [4.78, 5) is 12.3. The minimum absolute atomic E-state index is 0.0172. The van der Waals surface area contributed by atoms with E-state index in [1.54, 1.807) is 7.11 Å². The first-order valence-electron chi connectivity index (χ1n) is 10.0. The van der Waals surface area contributed by atoms with Crippen molar-refractivity contribution in [2.24, 2.45) is 4.99 Å². The summed E-state index contributed by atoms with van der Waals surface area (Å²) in [6.07, 6.45) is 5.08. The minimum Gasteiger partial charge on any atom is -0.495 e. The van der Waals surface area contributed by atoms with Gasteiger partial charge in [0, 0.05) is 29.9 Å². The molecule has 0 N–H and O–H groups in total. The van der Waals surface area contributed by atoms with Gasteiger partial charge >= 0.3 is 0 Å². The Morgan fingerprint density at radius 3 is 2.76 bits per heavy atom. The highest BCUT2D eigenvalue weighted by molar-refractivity contribution is 8.14. The van der Waals surface area contributed by atoms with Crippen LogP contribution < -0.4 is 4.74 Å². The molecule has 0 aliphatic carbocycles. The smallest absolute Gasteiger partial charge is 0.160 e. The second-order valence-corrected chi connectivity index (χ2v) is 8.30. The molecule has 5 rings (SSSR count). The fourth-order valence-electron chi connectivity index (χ4n) is 4.35. The largest absolute Gasteiger partial charge is 0.495 e. The van der Waals surface area contributed by atoms with Crippen LogP contribution in [-0.4, -0.2) is 38.5 Å². The van der Waals surface area contributed by atoms with E-state index in [-0.39, 0.29) is 12.1 Å². The summed E-state index contributed by atoms with van der Waals surface area (Å²) < 4.78 is 7.89. The first-order valence-corrected chi connectivity index (χ1v) is 11.0. The van der Waals surface area contributed by atoms with Gasteiger partial charge in [-0.05, 0) is 42.8 Å². The van der Waals surface area contributed by atoms with Crippen molar-refractivity contribution < 1.29 is 4.74 Å². The highest BCUT2D eigenvalue weighted by Crippen LogP contribution is 2.49. The first-order chi connectivity index (χ1) is 14.3. The number of aliphatic imine (C=N–C) groups is 1. The number of benzene rings is 1. The van der Waals surface area contributed by atoms with Crippen LogP contribution in [0.1, 0.15) is 36.8 Å². The fraction of sp³-hybridized carbons (Fsp3) is 0.304. The second-order valence-electron chi connectivity index (χ2n) is 7.31. The summed E-state index contributed by atoms with van der Waals surface area (Å²) in [5, 5.41) is 1.14. The Labute approximate surface area is 175 Å². The molecule has 1 fully saturated rings. The van der Waals surface area contributed by atoms with Crippen molar-refractivity contribution >= 4 is 16.9 Å². The predicted octanol–water partition coefficient (Wildman–Crippen LogP) is 4.86. The third-order valence-corrected chi connectivity index (χ3v) is 6.88. The molecule has 4 heterocycles. The molecular weight excluding hydrogens is 380 g/mol. The fourth-order valence-corrected chi connectivity index (χ4v) is 5.69. The monoisotopic (exact) mass is 404 g/mol. The maximum Gasteiger partial charge on any atom is 0.160 e. The molecule has 0 radical (unpaired) electrons. The van der Waals surface area contributed by atoms with Crippen LogP contribution >= 0.6 is 11.8 Å². The van der Waals surface area contributed by atoms with Gasteiger partial charge in [0.25, 0.3) is 0 Å². The summed E-state index contributed by atoms with van der Waals surface area (Å²) in [5.41, 5.74) is 3.27. The third kappa shape index (κ3) is 3.02. The van der Waals surface area contributed by atoms with Gasteiger partial charge in [-0.15, -0.1) is 0 Å². The van der Waals surface area contributed by atoms with E-state index in [4.69, 9.17) is 9.73 Å². The second kappa shape index (κ2) is 7.59. The van der Waals surface area contributed by atoms with E-state index in [2.05, 4.69) is 57.9 Å². The van der Waals surface area contributed by atoms with Gasteiger partial charge in [0.05, 0.1) is 18.5 Å². The minimum atomic E-state index is -0.0172. The zero-order chi connectivity index (χ0) is 19.8. The van der Waals surface area contributed by atoms with Gasteiger partial charge in [-0.1, -0.05) is 36.9 Å². The lowest BCUT2D eigenvalue weighted by molar-refractivity contribution is 0.248. The number of thioether (sulfide) groups is 1. The Kier molecular flexibility index (Phi) is 4.79. The van der Waals surface area contributed by atoms with Crippen LogP contribution in [0.15, 0.2) is 72.0 Å². The van der Waals surface area contributed by atoms with Crippen molar-refractivity contribution in [2.75, 3.05) is 12.9 Å². The van der Waals surface area contributed by atoms with Gasteiger partial charge in [0.2, 0.25) is 0 Å². The summed E-state index contributed by atoms with van der Waals surface area (Å²) in [6, 6.07) is 19.2. The van der Waals surface area contributed by atoms with Gasteiger partial charge in [0.1, 0.15) is 17.8 Å². The molecule has 1 saturated heterocycles. The summed E-state index contributed by atoms with van der Waals surface area (Å²) in [7, 11) is 1.72. The van der Waals surface area contributed by atoms with E-state index < -0.39 is 0 Å². The standard InChI is InChI=1S/C23H24N4OS/c1-3-16-15-29-23-25-21(17-9-6-7-13-24-17)22(27(16)23)19-11-8-14-26(19)18-10-4-5-12-20(18)28-2/h4-14,16,21-22H,3,15H2,1-2H3/t16-,21-,22+/m1/s1. The molecule has 3 atom stereocenters. The summed E-state index contributed by atoms with van der Waals surface area (Å²) in [5.74, 6) is 1.96. The molecule has 29 heavy (non-hydrogen) atoms. The zero-order valence-corrected chi connectivity index (χ0v) is 17.4. The number of hydrogen-bond acceptors (Lipinski definition) is 5. The van der Waals surface area contributed by atoms with E-state index in [1.807, 2.05) is 42.2 Å². The maximum absolute atomic E-state index is 5.65. The molecule has 0 saturated carbocycles. The molecule has 2 aliphatic rings. The van der Waals surface area contributed by atoms with Crippen molar-refractivity contribution in [3.05, 3.63) is 78.4 Å². The number of hydrogen-bond donors (Lipinski definition) is 0. The quantitative estimate of drug-likeness (QED) is 0.609. The number of para-hydroxylation sites is 2. The normalized spacial score (nSPS) is 23.2. The number of nitrogens with zero attached hydrogens (tertiary/aromatic N) is 4. The number of rotatable bonds is 5. The van der Waals surface area contributed by atoms with E-state index in [9.17, 15) is 0 Å². The van der Waals surface area contributed by atoms with Gasteiger partial charge in [-0.25, -0.2) is 0 Å². The number of pyridine rings is 1. The Hall–Kier alpha value is -2.73. The molecule has 0 unspecified atom stereocenters. The van der Waals surface area contributed by atoms with E-state index in [0.717, 1.165) is 34.5 Å². The Bertz CT molecular complexity index is 1030. The topological polar surface area (TPSA) is 42.6 Å². The third-order valence-electron chi connectivity index (χ3n) is 5.76. The first kappa shape index (κ1) is 18.3. The number of ether oxygens (including phenoxy) is 1. The average molecular weight is 405 g/mol. The van der Waals surface area contributed by atoms with Crippen molar-refractivity contribution in [3.63, 3.8) is 0 Å². The zero-order valence-electron chi connectivity index (χ0n) is 16.6. The van der Waals surface area contributed by atoms with Gasteiger partial charge in [-0.3, -0.25) is 9.98 Å². The van der Waals surface area contributed by atoms with E-state index in [1.165, 1.54) is 5.69 Å². The Morgan fingerprint density at radius 2 is 1.97 bits per heavy atom. The summed E-state index contributed by atoms with van der Waals surface area (Å²) >= 11 is 1.87. The molecule has 2 aromatic heterocycles. The Balaban J connectivity index is 1.64. The number of fused-ring (bicyclic) bond motifs is 1. The number of amidine groups is 1. The molecule has 2 aliphatic heterocycles. The average Bonchev–Trinajstić information content (AvgIpc) is 3.49. The lowest BCUT2D eigenvalue weighted by Crippen LogP contribution is -2.36. The van der Waals surface area contributed by atoms with Crippen LogP contribution in [0.2, 0.25) is 0 Å². The highest BCUT2D eigenvalue weighted by Gasteiger charge is 2.46. The molecule has 5 nitrogen and oxygen atoms in total. The number of methoxy groups -OCH3 is 1. The van der Waals surface area contributed by atoms with E-state index >= 15 is 0 Å². The molecule has 0 spiro atoms. The van der Waals surface area contributed by atoms with Crippen molar-refractivity contribution in [3.8, 4) is 11.4 Å². The van der Waals surface area contributed by atoms with Gasteiger partial charge < -0.3 is 14.2 Å². The molecule has 0 amide bonds. The van der Waals surface area contributed by atoms with Crippen LogP contribution in [0, 0.1) is 0 Å². The van der Waals surface area contributed by atoms with Crippen LogP contribution in [0.5, 0.6) is 5.75 Å². The van der Waals surface area contributed by atoms with E-state index in [0.29, 0.717) is 6.04 Å². The van der Waals surface area contributed by atoms with Crippen molar-refractivity contribution in [2.45, 2.75) is 31.5 Å². The Morgan fingerprint density at radius 1 is 1.10 bits per heavy atom. The lowest BCUT2D eigenvalue weighted by atomic mass is 9.99. The SMILES string of the molecule is CC[C@@H]1CSC2=N[C@H](c3ccccn3)[C@H](c3cccn3-c3ccccc3OC)N21. The maximum atomic E-state index is 5.65. The lowest BCUT2D eigenvalue weighted by Gasteiger charge is -2.32. The number of aromatic nitrogens is 2. The van der Waals surface area contributed by atoms with Crippen molar-refractivity contribution in [1.29, 1.82) is 0 Å². The molecule has 0 bridgehead atoms. The van der Waals surface area contributed by atoms with Gasteiger partial charge in [0.15, 0.2) is 5.17 Å². The molecule has 3 aromatic rings.